The lowest BCUT2D eigenvalue weighted by Gasteiger charge is -2.32. The second-order valence-corrected chi connectivity index (χ2v) is 10.4. The summed E-state index contributed by atoms with van der Waals surface area (Å²) in [5.41, 5.74) is 10.0. The Morgan fingerprint density at radius 1 is 0.618 bits per heavy atom. The van der Waals surface area contributed by atoms with Crippen LogP contribution in [-0.2, 0) is 0 Å². The van der Waals surface area contributed by atoms with E-state index in [0.29, 0.717) is 0 Å². The zero-order chi connectivity index (χ0) is 22.0. The van der Waals surface area contributed by atoms with Crippen molar-refractivity contribution in [1.82, 2.24) is 4.57 Å². The summed E-state index contributed by atoms with van der Waals surface area (Å²) in [5, 5.41) is 4.90. The van der Waals surface area contributed by atoms with Gasteiger partial charge in [0, 0.05) is 37.0 Å². The first-order valence-electron chi connectivity index (χ1n) is 11.7. The van der Waals surface area contributed by atoms with E-state index >= 15 is 0 Å². The lowest BCUT2D eigenvalue weighted by Crippen LogP contribution is -2.58. The van der Waals surface area contributed by atoms with E-state index in [1.807, 2.05) is 17.8 Å². The third-order valence-corrected chi connectivity index (χ3v) is 8.82. The van der Waals surface area contributed by atoms with Crippen molar-refractivity contribution in [2.24, 2.45) is 0 Å². The first-order chi connectivity index (χ1) is 16.9. The Bertz CT molecular complexity index is 2010. The van der Waals surface area contributed by atoms with E-state index < -0.39 is 0 Å². The fraction of sp³-hybridized carbons (Fsp3) is 0. The van der Waals surface area contributed by atoms with Gasteiger partial charge in [-0.15, -0.1) is 0 Å². The Kier molecular flexibility index (Phi) is 3.08. The minimum atomic E-state index is 0.257. The van der Waals surface area contributed by atoms with Crippen molar-refractivity contribution < 1.29 is 4.42 Å². The van der Waals surface area contributed by atoms with Gasteiger partial charge in [-0.3, -0.25) is 0 Å². The summed E-state index contributed by atoms with van der Waals surface area (Å²) in [7, 11) is 0. The molecular formula is C30H16BNOS. The Labute approximate surface area is 199 Å². The summed E-state index contributed by atoms with van der Waals surface area (Å²) in [5.74, 6) is 0. The molecule has 0 amide bonds. The molecule has 2 aliphatic heterocycles. The van der Waals surface area contributed by atoms with Crippen LogP contribution < -0.4 is 16.4 Å². The molecular weight excluding hydrogens is 433 g/mol. The monoisotopic (exact) mass is 449 g/mol. The van der Waals surface area contributed by atoms with Crippen molar-refractivity contribution in [2.45, 2.75) is 9.79 Å². The van der Waals surface area contributed by atoms with Crippen LogP contribution in [0.4, 0.5) is 0 Å². The van der Waals surface area contributed by atoms with Gasteiger partial charge in [0.05, 0.1) is 11.0 Å². The lowest BCUT2D eigenvalue weighted by atomic mass is 9.35. The highest BCUT2D eigenvalue weighted by Crippen LogP contribution is 2.41. The molecule has 0 unspecified atom stereocenters. The van der Waals surface area contributed by atoms with E-state index in [-0.39, 0.29) is 6.71 Å². The Hall–Kier alpha value is -3.89. The number of para-hydroxylation sites is 2. The van der Waals surface area contributed by atoms with Crippen molar-refractivity contribution in [3.8, 4) is 5.69 Å². The smallest absolute Gasteiger partial charge is 0.249 e. The quantitative estimate of drug-likeness (QED) is 0.265. The van der Waals surface area contributed by atoms with Gasteiger partial charge in [-0.2, -0.15) is 0 Å². The number of hydrogen-bond acceptors (Lipinski definition) is 2. The summed E-state index contributed by atoms with van der Waals surface area (Å²) in [4.78, 5) is 2.73. The van der Waals surface area contributed by atoms with Crippen molar-refractivity contribution in [3.05, 3.63) is 97.1 Å². The molecule has 0 fully saturated rings. The molecule has 0 saturated heterocycles. The summed E-state index contributed by atoms with van der Waals surface area (Å²) >= 11 is 1.90. The standard InChI is InChI=1S/C30H16BNOS/c1-5-11-25-17(7-1)20-15-24-19(16-26(20)33-25)18-13-14-28-29-30(18)32(24)23-10-4-2-8-21(23)31(29)22-9-3-6-12-27(22)34-28/h1-16H. The zero-order valence-corrected chi connectivity index (χ0v) is 18.9. The molecule has 4 heteroatoms. The Balaban J connectivity index is 1.52. The van der Waals surface area contributed by atoms with Gasteiger partial charge in [0.15, 0.2) is 0 Å². The first-order valence-corrected chi connectivity index (χ1v) is 12.5. The normalized spacial score (nSPS) is 13.7. The molecule has 2 aromatic heterocycles. The maximum atomic E-state index is 6.28. The average molecular weight is 449 g/mol. The summed E-state index contributed by atoms with van der Waals surface area (Å²) in [6, 6.07) is 35.4. The summed E-state index contributed by atoms with van der Waals surface area (Å²) in [6.45, 7) is 0.257. The van der Waals surface area contributed by atoms with Gasteiger partial charge in [0.1, 0.15) is 11.2 Å². The van der Waals surface area contributed by atoms with Crippen LogP contribution in [0.1, 0.15) is 0 Å². The molecule has 0 aliphatic carbocycles. The van der Waals surface area contributed by atoms with E-state index in [1.165, 1.54) is 64.4 Å². The van der Waals surface area contributed by atoms with Crippen molar-refractivity contribution in [3.63, 3.8) is 0 Å². The number of rotatable bonds is 0. The average Bonchev–Trinajstić information content (AvgIpc) is 3.41. The maximum absolute atomic E-state index is 6.28. The molecule has 7 aromatic rings. The molecule has 4 heterocycles. The van der Waals surface area contributed by atoms with E-state index in [2.05, 4.69) is 95.6 Å². The number of fused-ring (bicyclic) bond motifs is 11. The molecule has 9 rings (SSSR count). The van der Waals surface area contributed by atoms with Gasteiger partial charge < -0.3 is 8.98 Å². The molecule has 0 N–H and O–H groups in total. The third-order valence-electron chi connectivity index (χ3n) is 7.65. The highest BCUT2D eigenvalue weighted by Gasteiger charge is 2.39. The molecule has 0 radical (unpaired) electrons. The fourth-order valence-corrected chi connectivity index (χ4v) is 7.44. The van der Waals surface area contributed by atoms with Crippen LogP contribution in [0.25, 0.3) is 49.4 Å². The van der Waals surface area contributed by atoms with Crippen LogP contribution in [0.15, 0.2) is 111 Å². The van der Waals surface area contributed by atoms with E-state index in [4.69, 9.17) is 4.42 Å². The van der Waals surface area contributed by atoms with Gasteiger partial charge >= 0.3 is 0 Å². The minimum Gasteiger partial charge on any atom is -0.456 e. The van der Waals surface area contributed by atoms with Crippen molar-refractivity contribution >= 4 is 78.6 Å². The number of aromatic nitrogens is 1. The van der Waals surface area contributed by atoms with Gasteiger partial charge in [-0.05, 0) is 47.3 Å². The van der Waals surface area contributed by atoms with E-state index in [1.54, 1.807) is 0 Å². The van der Waals surface area contributed by atoms with Gasteiger partial charge in [-0.25, -0.2) is 0 Å². The van der Waals surface area contributed by atoms with Crippen LogP contribution in [0.2, 0.25) is 0 Å². The molecule has 34 heavy (non-hydrogen) atoms. The highest BCUT2D eigenvalue weighted by atomic mass is 32.2. The molecule has 2 nitrogen and oxygen atoms in total. The van der Waals surface area contributed by atoms with Crippen LogP contribution in [0.5, 0.6) is 0 Å². The molecule has 0 atom stereocenters. The topological polar surface area (TPSA) is 18.1 Å². The first kappa shape index (κ1) is 17.6. The van der Waals surface area contributed by atoms with Gasteiger partial charge in [0.2, 0.25) is 6.71 Å². The zero-order valence-electron chi connectivity index (χ0n) is 18.1. The predicted octanol–water partition coefficient (Wildman–Crippen LogP) is 5.98. The molecule has 5 aromatic carbocycles. The number of hydrogen-bond donors (Lipinski definition) is 0. The molecule has 156 valence electrons. The van der Waals surface area contributed by atoms with Crippen LogP contribution >= 0.6 is 11.8 Å². The van der Waals surface area contributed by atoms with Gasteiger partial charge in [0.25, 0.3) is 0 Å². The number of furan rings is 1. The molecule has 0 bridgehead atoms. The second-order valence-electron chi connectivity index (χ2n) is 9.30. The molecule has 2 aliphatic rings. The second kappa shape index (κ2) is 5.96. The van der Waals surface area contributed by atoms with Crippen molar-refractivity contribution in [2.75, 3.05) is 0 Å². The summed E-state index contributed by atoms with van der Waals surface area (Å²) in [6.07, 6.45) is 0. The fourth-order valence-electron chi connectivity index (χ4n) is 6.29. The van der Waals surface area contributed by atoms with E-state index in [9.17, 15) is 0 Å². The largest absolute Gasteiger partial charge is 0.456 e. The predicted molar refractivity (Wildman–Crippen MR) is 143 cm³/mol. The Morgan fingerprint density at radius 3 is 2.41 bits per heavy atom. The SMILES string of the molecule is c1ccc2c(c1)Sc1ccc3c4cc5oc6ccccc6c5cc4n4c3c1B2c1ccccc1-4. The highest BCUT2D eigenvalue weighted by molar-refractivity contribution is 8.00. The summed E-state index contributed by atoms with van der Waals surface area (Å²) < 4.78 is 8.78. The van der Waals surface area contributed by atoms with Gasteiger partial charge in [-0.1, -0.05) is 77.9 Å². The van der Waals surface area contributed by atoms with Crippen molar-refractivity contribution in [1.29, 1.82) is 0 Å². The third kappa shape index (κ3) is 1.98. The van der Waals surface area contributed by atoms with Crippen LogP contribution in [0, 0.1) is 0 Å². The van der Waals surface area contributed by atoms with E-state index in [0.717, 1.165) is 11.2 Å². The molecule has 0 saturated carbocycles. The number of nitrogens with zero attached hydrogens (tertiary/aromatic N) is 1. The Morgan fingerprint density at radius 2 is 1.44 bits per heavy atom. The minimum absolute atomic E-state index is 0.257. The van der Waals surface area contributed by atoms with Crippen LogP contribution in [-0.4, -0.2) is 11.3 Å². The maximum Gasteiger partial charge on any atom is 0.249 e. The van der Waals surface area contributed by atoms with Crippen LogP contribution in [0.3, 0.4) is 0 Å². The number of benzene rings is 5. The lowest BCUT2D eigenvalue weighted by molar-refractivity contribution is 0.669. The molecule has 0 spiro atoms.